The third-order valence-corrected chi connectivity index (χ3v) is 5.25. The lowest BCUT2D eigenvalue weighted by atomic mass is 10.2. The topological polar surface area (TPSA) is 57.8 Å². The summed E-state index contributed by atoms with van der Waals surface area (Å²) in [4.78, 5) is 0. The molecule has 0 spiro atoms. The molecule has 0 aliphatic rings. The molecule has 9 heteroatoms. The van der Waals surface area contributed by atoms with Crippen molar-refractivity contribution in [2.45, 2.75) is 10.9 Å². The summed E-state index contributed by atoms with van der Waals surface area (Å²) in [5.74, 6) is 1.94. The van der Waals surface area contributed by atoms with Gasteiger partial charge in [0.15, 0.2) is 11.0 Å². The van der Waals surface area contributed by atoms with E-state index in [1.54, 1.807) is 29.6 Å². The van der Waals surface area contributed by atoms with Gasteiger partial charge >= 0.3 is 0 Å². The Morgan fingerprint density at radius 1 is 1.17 bits per heavy atom. The van der Waals surface area contributed by atoms with Crippen molar-refractivity contribution in [1.82, 2.24) is 24.5 Å². The maximum absolute atomic E-state index is 6.05. The maximum atomic E-state index is 6.05. The lowest BCUT2D eigenvalue weighted by molar-refractivity contribution is 0.393. The molecular formula is C15H15Cl2N5OS. The van der Waals surface area contributed by atoms with Crippen molar-refractivity contribution in [2.24, 2.45) is 14.1 Å². The van der Waals surface area contributed by atoms with Gasteiger partial charge in [0.05, 0.1) is 17.2 Å². The molecule has 0 saturated carbocycles. The molecule has 0 amide bonds. The van der Waals surface area contributed by atoms with E-state index in [0.717, 1.165) is 16.3 Å². The van der Waals surface area contributed by atoms with Crippen LogP contribution in [0.3, 0.4) is 0 Å². The fraction of sp³-hybridized carbons (Fsp3) is 0.267. The molecule has 0 aliphatic carbocycles. The second kappa shape index (κ2) is 7.04. The number of aromatic nitrogens is 5. The molecule has 1 aromatic carbocycles. The van der Waals surface area contributed by atoms with Crippen molar-refractivity contribution < 1.29 is 4.74 Å². The van der Waals surface area contributed by atoms with Gasteiger partial charge in [0, 0.05) is 26.0 Å². The lowest BCUT2D eigenvalue weighted by Crippen LogP contribution is -1.96. The first-order valence-corrected chi connectivity index (χ1v) is 8.78. The van der Waals surface area contributed by atoms with Gasteiger partial charge in [-0.2, -0.15) is 0 Å². The highest BCUT2D eigenvalue weighted by molar-refractivity contribution is 7.98. The smallest absolute Gasteiger partial charge is 0.243 e. The summed E-state index contributed by atoms with van der Waals surface area (Å²) < 4.78 is 8.90. The molecule has 24 heavy (non-hydrogen) atoms. The second-order valence-corrected chi connectivity index (χ2v) is 6.88. The van der Waals surface area contributed by atoms with Crippen molar-refractivity contribution in [3.63, 3.8) is 0 Å². The van der Waals surface area contributed by atoms with Gasteiger partial charge in [0.25, 0.3) is 0 Å². The van der Waals surface area contributed by atoms with E-state index >= 15 is 0 Å². The minimum atomic E-state index is 0.522. The molecule has 0 bridgehead atoms. The second-order valence-electron chi connectivity index (χ2n) is 5.13. The van der Waals surface area contributed by atoms with Gasteiger partial charge in [-0.25, -0.2) is 0 Å². The number of hydrogen-bond donors (Lipinski definition) is 0. The Hall–Kier alpha value is -1.70. The maximum Gasteiger partial charge on any atom is 0.243 e. The standard InChI is InChI=1S/C15H15Cl2N5OS/c1-21-7-10(14(20-21)23-3)13-18-19-15(22(13)2)24-8-9-4-5-11(16)12(17)6-9/h4-7H,8H2,1-3H3. The first-order chi connectivity index (χ1) is 11.5. The zero-order chi connectivity index (χ0) is 17.3. The number of nitrogens with zero attached hydrogens (tertiary/aromatic N) is 5. The van der Waals surface area contributed by atoms with Gasteiger partial charge in [-0.15, -0.1) is 15.3 Å². The fourth-order valence-corrected chi connectivity index (χ4v) is 3.40. The first-order valence-electron chi connectivity index (χ1n) is 7.03. The van der Waals surface area contributed by atoms with Crippen LogP contribution in [0.25, 0.3) is 11.4 Å². The van der Waals surface area contributed by atoms with Crippen molar-refractivity contribution in [2.75, 3.05) is 7.11 Å². The van der Waals surface area contributed by atoms with Crippen LogP contribution in [0.5, 0.6) is 5.88 Å². The van der Waals surface area contributed by atoms with E-state index in [1.165, 1.54) is 0 Å². The highest BCUT2D eigenvalue weighted by atomic mass is 35.5. The Balaban J connectivity index is 1.81. The van der Waals surface area contributed by atoms with Crippen LogP contribution in [0.15, 0.2) is 29.6 Å². The number of aryl methyl sites for hydroxylation is 1. The molecule has 2 heterocycles. The number of ether oxygens (including phenoxy) is 1. The van der Waals surface area contributed by atoms with Crippen molar-refractivity contribution in [1.29, 1.82) is 0 Å². The highest BCUT2D eigenvalue weighted by Gasteiger charge is 2.18. The van der Waals surface area contributed by atoms with Crippen LogP contribution in [0, 0.1) is 0 Å². The van der Waals surface area contributed by atoms with E-state index in [1.807, 2.05) is 37.0 Å². The summed E-state index contributed by atoms with van der Waals surface area (Å²) in [6.45, 7) is 0. The molecule has 0 saturated heterocycles. The third kappa shape index (κ3) is 3.38. The number of methoxy groups -OCH3 is 1. The number of benzene rings is 1. The molecule has 6 nitrogen and oxygen atoms in total. The van der Waals surface area contributed by atoms with Gasteiger partial charge in [0.1, 0.15) is 5.56 Å². The molecule has 126 valence electrons. The third-order valence-electron chi connectivity index (χ3n) is 3.42. The largest absolute Gasteiger partial charge is 0.479 e. The van der Waals surface area contributed by atoms with Gasteiger partial charge in [-0.1, -0.05) is 41.0 Å². The quantitative estimate of drug-likeness (QED) is 0.626. The Bertz CT molecular complexity index is 877. The normalized spacial score (nSPS) is 11.0. The number of hydrogen-bond acceptors (Lipinski definition) is 5. The Morgan fingerprint density at radius 2 is 1.96 bits per heavy atom. The van der Waals surface area contributed by atoms with E-state index in [-0.39, 0.29) is 0 Å². The fourth-order valence-electron chi connectivity index (χ4n) is 2.22. The van der Waals surface area contributed by atoms with Crippen LogP contribution in [0.1, 0.15) is 5.56 Å². The first kappa shape index (κ1) is 17.1. The van der Waals surface area contributed by atoms with Crippen LogP contribution in [0.4, 0.5) is 0 Å². The minimum absolute atomic E-state index is 0.522. The Morgan fingerprint density at radius 3 is 2.67 bits per heavy atom. The zero-order valence-electron chi connectivity index (χ0n) is 13.3. The minimum Gasteiger partial charge on any atom is -0.479 e. The zero-order valence-corrected chi connectivity index (χ0v) is 15.7. The summed E-state index contributed by atoms with van der Waals surface area (Å²) in [6.07, 6.45) is 1.86. The van der Waals surface area contributed by atoms with Crippen molar-refractivity contribution >= 4 is 35.0 Å². The summed E-state index contributed by atoms with van der Waals surface area (Å²) in [6, 6.07) is 5.60. The molecule has 0 N–H and O–H groups in total. The van der Waals surface area contributed by atoms with Crippen LogP contribution in [-0.4, -0.2) is 31.7 Å². The molecular weight excluding hydrogens is 369 g/mol. The molecule has 3 rings (SSSR count). The molecule has 0 aliphatic heterocycles. The van der Waals surface area contributed by atoms with Crippen LogP contribution in [-0.2, 0) is 19.8 Å². The number of thioether (sulfide) groups is 1. The van der Waals surface area contributed by atoms with Crippen molar-refractivity contribution in [3.8, 4) is 17.3 Å². The molecule has 0 atom stereocenters. The SMILES string of the molecule is COc1nn(C)cc1-c1nnc(SCc2ccc(Cl)c(Cl)c2)n1C. The van der Waals surface area contributed by atoms with Gasteiger partial charge in [-0.3, -0.25) is 4.68 Å². The molecule has 0 unspecified atom stereocenters. The number of halogens is 2. The Labute approximate surface area is 153 Å². The van der Waals surface area contributed by atoms with Gasteiger partial charge < -0.3 is 9.30 Å². The van der Waals surface area contributed by atoms with E-state index in [4.69, 9.17) is 27.9 Å². The summed E-state index contributed by atoms with van der Waals surface area (Å²) >= 11 is 13.6. The average Bonchev–Trinajstić information content (AvgIpc) is 3.11. The van der Waals surface area contributed by atoms with Gasteiger partial charge in [0.2, 0.25) is 5.88 Å². The van der Waals surface area contributed by atoms with E-state index < -0.39 is 0 Å². The number of rotatable bonds is 5. The van der Waals surface area contributed by atoms with Crippen LogP contribution >= 0.6 is 35.0 Å². The summed E-state index contributed by atoms with van der Waals surface area (Å²) in [5.41, 5.74) is 1.87. The highest BCUT2D eigenvalue weighted by Crippen LogP contribution is 2.31. The predicted molar refractivity (Wildman–Crippen MR) is 95.8 cm³/mol. The van der Waals surface area contributed by atoms with E-state index in [0.29, 0.717) is 27.5 Å². The molecule has 3 aromatic rings. The summed E-state index contributed by atoms with van der Waals surface area (Å²) in [5, 5.41) is 14.7. The van der Waals surface area contributed by atoms with E-state index in [2.05, 4.69) is 15.3 Å². The summed E-state index contributed by atoms with van der Waals surface area (Å²) in [7, 11) is 5.34. The predicted octanol–water partition coefficient (Wildman–Crippen LogP) is 3.82. The molecule has 2 aromatic heterocycles. The molecule has 0 fully saturated rings. The lowest BCUT2D eigenvalue weighted by Gasteiger charge is -2.05. The van der Waals surface area contributed by atoms with Crippen LogP contribution < -0.4 is 4.74 Å². The van der Waals surface area contributed by atoms with Crippen LogP contribution in [0.2, 0.25) is 10.0 Å². The van der Waals surface area contributed by atoms with E-state index in [9.17, 15) is 0 Å². The van der Waals surface area contributed by atoms with Crippen molar-refractivity contribution in [3.05, 3.63) is 40.0 Å². The monoisotopic (exact) mass is 383 g/mol. The molecule has 0 radical (unpaired) electrons. The average molecular weight is 384 g/mol. The van der Waals surface area contributed by atoms with Gasteiger partial charge in [-0.05, 0) is 17.7 Å². The Kier molecular flexibility index (Phi) is 5.03.